The Morgan fingerprint density at radius 2 is 1.84 bits per heavy atom. The lowest BCUT2D eigenvalue weighted by Gasteiger charge is -2.12. The highest BCUT2D eigenvalue weighted by molar-refractivity contribution is 14.1. The molecule has 0 unspecified atom stereocenters. The number of halogens is 1. The van der Waals surface area contributed by atoms with Crippen LogP contribution in [0.15, 0.2) is 42.5 Å². The maximum absolute atomic E-state index is 12.1. The van der Waals surface area contributed by atoms with Gasteiger partial charge < -0.3 is 16.0 Å². The predicted octanol–water partition coefficient (Wildman–Crippen LogP) is 4.00. The van der Waals surface area contributed by atoms with Crippen LogP contribution < -0.4 is 16.0 Å². The maximum Gasteiger partial charge on any atom is 0.243 e. The highest BCUT2D eigenvalue weighted by atomic mass is 127. The summed E-state index contributed by atoms with van der Waals surface area (Å²) < 4.78 is 1.07. The summed E-state index contributed by atoms with van der Waals surface area (Å²) in [6, 6.07) is 13.3. The van der Waals surface area contributed by atoms with Crippen molar-refractivity contribution in [2.45, 2.75) is 19.8 Å². The number of hydrogen-bond donors (Lipinski definition) is 3. The molecule has 0 bridgehead atoms. The van der Waals surface area contributed by atoms with E-state index < -0.39 is 0 Å². The van der Waals surface area contributed by atoms with E-state index in [9.17, 15) is 9.59 Å². The summed E-state index contributed by atoms with van der Waals surface area (Å²) in [7, 11) is 0. The molecular formula is C19H20IN3O2. The number of amides is 2. The number of nitrogens with one attached hydrogen (secondary N) is 3. The van der Waals surface area contributed by atoms with E-state index in [2.05, 4.69) is 38.5 Å². The van der Waals surface area contributed by atoms with Gasteiger partial charge >= 0.3 is 0 Å². The molecule has 5 nitrogen and oxygen atoms in total. The van der Waals surface area contributed by atoms with Crippen LogP contribution in [-0.2, 0) is 9.59 Å². The fourth-order valence-corrected chi connectivity index (χ4v) is 2.97. The number of benzene rings is 2. The van der Waals surface area contributed by atoms with Gasteiger partial charge in [0.05, 0.1) is 6.54 Å². The minimum Gasteiger partial charge on any atom is -0.376 e. The number of carbonyl (C=O) groups is 2. The average molecular weight is 449 g/mol. The zero-order valence-corrected chi connectivity index (χ0v) is 16.1. The summed E-state index contributed by atoms with van der Waals surface area (Å²) in [5, 5.41) is 8.93. The molecule has 1 aliphatic rings. The number of aryl methyl sites for hydroxylation is 1. The van der Waals surface area contributed by atoms with Crippen LogP contribution >= 0.6 is 22.6 Å². The molecule has 6 heteroatoms. The van der Waals surface area contributed by atoms with Gasteiger partial charge in [-0.3, -0.25) is 9.59 Å². The number of carbonyl (C=O) groups excluding carboxylic acids is 2. The second kappa shape index (κ2) is 7.86. The molecule has 25 heavy (non-hydrogen) atoms. The van der Waals surface area contributed by atoms with Crippen molar-refractivity contribution >= 4 is 51.5 Å². The van der Waals surface area contributed by atoms with Crippen LogP contribution in [0.3, 0.4) is 0 Å². The molecule has 2 amide bonds. The number of rotatable bonds is 6. The Balaban J connectivity index is 1.58. The molecule has 3 N–H and O–H groups in total. The second-order valence-electron chi connectivity index (χ2n) is 6.21. The first-order valence-corrected chi connectivity index (χ1v) is 9.30. The molecule has 0 aromatic heterocycles. The van der Waals surface area contributed by atoms with Crippen molar-refractivity contribution in [1.29, 1.82) is 0 Å². The summed E-state index contributed by atoms with van der Waals surface area (Å²) in [4.78, 5) is 24.0. The second-order valence-corrected chi connectivity index (χ2v) is 7.45. The van der Waals surface area contributed by atoms with Crippen LogP contribution in [0.2, 0.25) is 0 Å². The van der Waals surface area contributed by atoms with Crippen molar-refractivity contribution in [1.82, 2.24) is 0 Å². The van der Waals surface area contributed by atoms with E-state index in [1.807, 2.05) is 49.4 Å². The van der Waals surface area contributed by atoms with E-state index in [1.54, 1.807) is 0 Å². The van der Waals surface area contributed by atoms with E-state index in [1.165, 1.54) is 0 Å². The van der Waals surface area contributed by atoms with Crippen LogP contribution in [0, 0.1) is 16.4 Å². The van der Waals surface area contributed by atoms with Gasteiger partial charge in [0, 0.05) is 26.6 Å². The van der Waals surface area contributed by atoms with Gasteiger partial charge in [-0.05, 0) is 78.3 Å². The largest absolute Gasteiger partial charge is 0.376 e. The molecule has 0 atom stereocenters. The van der Waals surface area contributed by atoms with E-state index in [-0.39, 0.29) is 24.3 Å². The summed E-state index contributed by atoms with van der Waals surface area (Å²) in [6.07, 6.45) is 1.95. The number of anilines is 3. The zero-order chi connectivity index (χ0) is 17.8. The molecule has 0 heterocycles. The van der Waals surface area contributed by atoms with Gasteiger partial charge in [-0.15, -0.1) is 0 Å². The minimum absolute atomic E-state index is 0.0752. The van der Waals surface area contributed by atoms with Crippen molar-refractivity contribution in [3.05, 3.63) is 51.6 Å². The standard InChI is InChI=1S/C19H20IN3O2/c1-12-5-8-16(23-19(25)13-6-7-13)10-17(12)21-11-18(24)22-15-4-2-3-14(20)9-15/h2-5,8-10,13,21H,6-7,11H2,1H3,(H,22,24)(H,23,25). The lowest BCUT2D eigenvalue weighted by molar-refractivity contribution is -0.117. The van der Waals surface area contributed by atoms with Crippen LogP contribution in [0.25, 0.3) is 0 Å². The van der Waals surface area contributed by atoms with Gasteiger partial charge in [0.2, 0.25) is 11.8 Å². The number of hydrogen-bond acceptors (Lipinski definition) is 3. The highest BCUT2D eigenvalue weighted by Crippen LogP contribution is 2.30. The molecular weight excluding hydrogens is 429 g/mol. The molecule has 130 valence electrons. The monoisotopic (exact) mass is 449 g/mol. The summed E-state index contributed by atoms with van der Waals surface area (Å²) >= 11 is 2.21. The maximum atomic E-state index is 12.1. The van der Waals surface area contributed by atoms with Crippen molar-refractivity contribution in [3.63, 3.8) is 0 Å². The van der Waals surface area contributed by atoms with Gasteiger partial charge in [0.1, 0.15) is 0 Å². The molecule has 2 aromatic carbocycles. The van der Waals surface area contributed by atoms with Crippen LogP contribution in [-0.4, -0.2) is 18.4 Å². The van der Waals surface area contributed by atoms with E-state index in [4.69, 9.17) is 0 Å². The Kier molecular flexibility index (Phi) is 5.57. The van der Waals surface area contributed by atoms with E-state index in [0.717, 1.165) is 39.0 Å². The van der Waals surface area contributed by atoms with E-state index in [0.29, 0.717) is 0 Å². The van der Waals surface area contributed by atoms with Gasteiger partial charge in [0.15, 0.2) is 0 Å². The molecule has 0 aliphatic heterocycles. The normalized spacial score (nSPS) is 13.2. The quantitative estimate of drug-likeness (QED) is 0.584. The van der Waals surface area contributed by atoms with E-state index >= 15 is 0 Å². The lowest BCUT2D eigenvalue weighted by Crippen LogP contribution is -2.22. The molecule has 0 saturated heterocycles. The first kappa shape index (κ1) is 17.7. The Bertz CT molecular complexity index is 803. The van der Waals surface area contributed by atoms with Crippen LogP contribution in [0.5, 0.6) is 0 Å². The van der Waals surface area contributed by atoms with Crippen molar-refractivity contribution in [2.24, 2.45) is 5.92 Å². The third kappa shape index (κ3) is 5.19. The topological polar surface area (TPSA) is 70.2 Å². The van der Waals surface area contributed by atoms with Gasteiger partial charge in [-0.25, -0.2) is 0 Å². The summed E-state index contributed by atoms with van der Waals surface area (Å²) in [5.74, 6) is 0.122. The molecule has 3 rings (SSSR count). The SMILES string of the molecule is Cc1ccc(NC(=O)C2CC2)cc1NCC(=O)Nc1cccc(I)c1. The molecule has 0 spiro atoms. The van der Waals surface area contributed by atoms with Gasteiger partial charge in [-0.2, -0.15) is 0 Å². The molecule has 1 fully saturated rings. The van der Waals surface area contributed by atoms with Crippen molar-refractivity contribution < 1.29 is 9.59 Å². The third-order valence-corrected chi connectivity index (χ3v) is 4.67. The Morgan fingerprint density at radius 3 is 2.56 bits per heavy atom. The smallest absolute Gasteiger partial charge is 0.243 e. The lowest BCUT2D eigenvalue weighted by atomic mass is 10.1. The van der Waals surface area contributed by atoms with Gasteiger partial charge in [0.25, 0.3) is 0 Å². The van der Waals surface area contributed by atoms with Crippen LogP contribution in [0.4, 0.5) is 17.1 Å². The third-order valence-electron chi connectivity index (χ3n) is 4.00. The fourth-order valence-electron chi connectivity index (χ4n) is 2.43. The van der Waals surface area contributed by atoms with Crippen molar-refractivity contribution in [2.75, 3.05) is 22.5 Å². The molecule has 1 saturated carbocycles. The molecule has 2 aromatic rings. The Morgan fingerprint density at radius 1 is 1.08 bits per heavy atom. The molecule has 0 radical (unpaired) electrons. The fraction of sp³-hybridized carbons (Fsp3) is 0.263. The molecule has 1 aliphatic carbocycles. The van der Waals surface area contributed by atoms with Crippen LogP contribution in [0.1, 0.15) is 18.4 Å². The summed E-state index contributed by atoms with van der Waals surface area (Å²) in [5.41, 5.74) is 3.39. The van der Waals surface area contributed by atoms with Crippen molar-refractivity contribution in [3.8, 4) is 0 Å². The average Bonchev–Trinajstić information content (AvgIpc) is 3.40. The van der Waals surface area contributed by atoms with Gasteiger partial charge in [-0.1, -0.05) is 12.1 Å². The predicted molar refractivity (Wildman–Crippen MR) is 109 cm³/mol. The zero-order valence-electron chi connectivity index (χ0n) is 13.9. The highest BCUT2D eigenvalue weighted by Gasteiger charge is 2.29. The first-order valence-electron chi connectivity index (χ1n) is 8.22. The minimum atomic E-state index is -0.117. The first-order chi connectivity index (χ1) is 12.0. The summed E-state index contributed by atoms with van der Waals surface area (Å²) in [6.45, 7) is 2.12. The Labute approximate surface area is 160 Å². The Hall–Kier alpha value is -2.09.